The molecule has 5 heteroatoms. The molecular formula is C25H28FN3O. The fourth-order valence-corrected chi connectivity index (χ4v) is 4.31. The summed E-state index contributed by atoms with van der Waals surface area (Å²) in [6.45, 7) is 8.50. The highest BCUT2D eigenvalue weighted by Gasteiger charge is 2.28. The van der Waals surface area contributed by atoms with Crippen molar-refractivity contribution in [2.24, 2.45) is 0 Å². The molecule has 4 rings (SSSR count). The first-order valence-electron chi connectivity index (χ1n) is 10.7. The number of nitrogens with zero attached hydrogens (tertiary/aromatic N) is 2. The zero-order valence-corrected chi connectivity index (χ0v) is 18.0. The summed E-state index contributed by atoms with van der Waals surface area (Å²) in [6, 6.07) is 12.7. The van der Waals surface area contributed by atoms with Crippen molar-refractivity contribution in [2.45, 2.75) is 58.8 Å². The molecule has 0 bridgehead atoms. The Kier molecular flexibility index (Phi) is 5.46. The van der Waals surface area contributed by atoms with Crippen LogP contribution >= 0.6 is 0 Å². The predicted octanol–water partition coefficient (Wildman–Crippen LogP) is 6.00. The average Bonchev–Trinajstić information content (AvgIpc) is 3.31. The Hall–Kier alpha value is -2.95. The summed E-state index contributed by atoms with van der Waals surface area (Å²) in [7, 11) is 0. The molecule has 1 aliphatic rings. The molecule has 2 aromatic carbocycles. The molecule has 3 aromatic rings. The van der Waals surface area contributed by atoms with Crippen molar-refractivity contribution in [2.75, 3.05) is 5.32 Å². The normalized spacial score (nSPS) is 13.2. The second-order valence-corrected chi connectivity index (χ2v) is 8.57. The van der Waals surface area contributed by atoms with Crippen molar-refractivity contribution in [1.29, 1.82) is 0 Å². The SMILES string of the molecule is CC(C)c1cccc(C(C)C)c1NC(=O)c1nn(-c2ccccc2F)c2c1CCC2. The van der Waals surface area contributed by atoms with Gasteiger partial charge in [0.1, 0.15) is 11.5 Å². The van der Waals surface area contributed by atoms with E-state index < -0.39 is 0 Å². The van der Waals surface area contributed by atoms with E-state index >= 15 is 0 Å². The number of hydrogen-bond donors (Lipinski definition) is 1. The Balaban J connectivity index is 1.77. The van der Waals surface area contributed by atoms with Crippen LogP contribution in [0.4, 0.5) is 10.1 Å². The van der Waals surface area contributed by atoms with Crippen LogP contribution in [0.1, 0.15) is 78.8 Å². The molecule has 0 unspecified atom stereocenters. The van der Waals surface area contributed by atoms with Gasteiger partial charge in [0, 0.05) is 16.9 Å². The van der Waals surface area contributed by atoms with Crippen LogP contribution < -0.4 is 5.32 Å². The fourth-order valence-electron chi connectivity index (χ4n) is 4.31. The third-order valence-electron chi connectivity index (χ3n) is 5.84. The van der Waals surface area contributed by atoms with Gasteiger partial charge in [-0.3, -0.25) is 4.79 Å². The molecule has 0 fully saturated rings. The zero-order valence-electron chi connectivity index (χ0n) is 18.0. The van der Waals surface area contributed by atoms with E-state index in [1.54, 1.807) is 22.9 Å². The van der Waals surface area contributed by atoms with Crippen LogP contribution in [-0.4, -0.2) is 15.7 Å². The molecule has 1 N–H and O–H groups in total. The first-order chi connectivity index (χ1) is 14.4. The van der Waals surface area contributed by atoms with Crippen molar-refractivity contribution in [1.82, 2.24) is 9.78 Å². The highest BCUT2D eigenvalue weighted by molar-refractivity contribution is 6.05. The molecule has 0 saturated carbocycles. The molecule has 0 spiro atoms. The lowest BCUT2D eigenvalue weighted by atomic mass is 9.92. The van der Waals surface area contributed by atoms with Crippen molar-refractivity contribution < 1.29 is 9.18 Å². The number of nitrogens with one attached hydrogen (secondary N) is 1. The maximum absolute atomic E-state index is 14.4. The summed E-state index contributed by atoms with van der Waals surface area (Å²) < 4.78 is 16.0. The maximum Gasteiger partial charge on any atom is 0.276 e. The molecule has 1 aliphatic carbocycles. The topological polar surface area (TPSA) is 46.9 Å². The molecule has 4 nitrogen and oxygen atoms in total. The summed E-state index contributed by atoms with van der Waals surface area (Å²) in [5.41, 5.74) is 5.76. The Morgan fingerprint density at radius 2 is 1.67 bits per heavy atom. The summed E-state index contributed by atoms with van der Waals surface area (Å²) in [4.78, 5) is 13.4. The van der Waals surface area contributed by atoms with E-state index in [-0.39, 0.29) is 23.6 Å². The molecule has 30 heavy (non-hydrogen) atoms. The number of hydrogen-bond acceptors (Lipinski definition) is 2. The van der Waals surface area contributed by atoms with Gasteiger partial charge in [-0.05, 0) is 54.4 Å². The van der Waals surface area contributed by atoms with Gasteiger partial charge in [0.2, 0.25) is 0 Å². The summed E-state index contributed by atoms with van der Waals surface area (Å²) >= 11 is 0. The maximum atomic E-state index is 14.4. The quantitative estimate of drug-likeness (QED) is 0.566. The second kappa shape index (κ2) is 8.05. The molecule has 0 radical (unpaired) electrons. The number of rotatable bonds is 5. The molecule has 1 heterocycles. The van der Waals surface area contributed by atoms with Crippen LogP contribution in [0.2, 0.25) is 0 Å². The number of aromatic nitrogens is 2. The van der Waals surface area contributed by atoms with Gasteiger partial charge in [-0.1, -0.05) is 58.0 Å². The van der Waals surface area contributed by atoms with Crippen molar-refractivity contribution >= 4 is 11.6 Å². The number of carbonyl (C=O) groups is 1. The largest absolute Gasteiger partial charge is 0.320 e. The van der Waals surface area contributed by atoms with E-state index in [0.29, 0.717) is 11.4 Å². The minimum absolute atomic E-state index is 0.224. The summed E-state index contributed by atoms with van der Waals surface area (Å²) in [5, 5.41) is 7.73. The predicted molar refractivity (Wildman–Crippen MR) is 118 cm³/mol. The molecule has 0 aliphatic heterocycles. The van der Waals surface area contributed by atoms with Gasteiger partial charge in [-0.2, -0.15) is 5.10 Å². The number of fused-ring (bicyclic) bond motifs is 1. The fraction of sp³-hybridized carbons (Fsp3) is 0.360. The monoisotopic (exact) mass is 405 g/mol. The third-order valence-corrected chi connectivity index (χ3v) is 5.84. The van der Waals surface area contributed by atoms with Crippen molar-refractivity contribution in [3.8, 4) is 5.69 Å². The second-order valence-electron chi connectivity index (χ2n) is 8.57. The van der Waals surface area contributed by atoms with Gasteiger partial charge < -0.3 is 5.32 Å². The average molecular weight is 406 g/mol. The van der Waals surface area contributed by atoms with Gasteiger partial charge in [-0.25, -0.2) is 9.07 Å². The van der Waals surface area contributed by atoms with E-state index in [1.807, 2.05) is 6.07 Å². The molecule has 0 atom stereocenters. The number of anilines is 1. The van der Waals surface area contributed by atoms with Crippen LogP contribution in [0.3, 0.4) is 0 Å². The van der Waals surface area contributed by atoms with E-state index in [2.05, 4.69) is 50.2 Å². The van der Waals surface area contributed by atoms with E-state index in [4.69, 9.17) is 0 Å². The lowest BCUT2D eigenvalue weighted by molar-refractivity contribution is 0.102. The Morgan fingerprint density at radius 3 is 2.30 bits per heavy atom. The van der Waals surface area contributed by atoms with Gasteiger partial charge >= 0.3 is 0 Å². The van der Waals surface area contributed by atoms with Crippen LogP contribution in [0.5, 0.6) is 0 Å². The first-order valence-corrected chi connectivity index (χ1v) is 10.7. The van der Waals surface area contributed by atoms with Gasteiger partial charge in [0.05, 0.1) is 0 Å². The Morgan fingerprint density at radius 1 is 1.00 bits per heavy atom. The minimum atomic E-state index is -0.339. The molecule has 0 saturated heterocycles. The van der Waals surface area contributed by atoms with Crippen LogP contribution in [0.15, 0.2) is 42.5 Å². The Bertz CT molecular complexity index is 1070. The third kappa shape index (κ3) is 3.53. The first kappa shape index (κ1) is 20.3. The van der Waals surface area contributed by atoms with Gasteiger partial charge in [0.25, 0.3) is 5.91 Å². The van der Waals surface area contributed by atoms with E-state index in [1.165, 1.54) is 6.07 Å². The standard InChI is InChI=1S/C25H28FN3O/c1-15(2)17-9-7-10-18(16(3)4)23(17)27-25(30)24-19-11-8-14-21(19)29(28-24)22-13-6-5-12-20(22)26/h5-7,9-10,12-13,15-16H,8,11,14H2,1-4H3,(H,27,30). The van der Waals surface area contributed by atoms with Crippen LogP contribution in [0.25, 0.3) is 5.69 Å². The number of halogens is 1. The van der Waals surface area contributed by atoms with Crippen molar-refractivity contribution in [3.63, 3.8) is 0 Å². The summed E-state index contributed by atoms with van der Waals surface area (Å²) in [5.74, 6) is -0.00600. The number of benzene rings is 2. The van der Waals surface area contributed by atoms with Gasteiger partial charge in [0.15, 0.2) is 5.69 Å². The van der Waals surface area contributed by atoms with Crippen LogP contribution in [-0.2, 0) is 12.8 Å². The minimum Gasteiger partial charge on any atom is -0.320 e. The van der Waals surface area contributed by atoms with Crippen LogP contribution in [0, 0.1) is 5.82 Å². The van der Waals surface area contributed by atoms with Gasteiger partial charge in [-0.15, -0.1) is 0 Å². The number of amides is 1. The lowest BCUT2D eigenvalue weighted by Crippen LogP contribution is -2.18. The summed E-state index contributed by atoms with van der Waals surface area (Å²) in [6.07, 6.45) is 2.53. The number of para-hydroxylation sites is 2. The molecule has 1 amide bonds. The highest BCUT2D eigenvalue weighted by Crippen LogP contribution is 2.34. The zero-order chi connectivity index (χ0) is 21.4. The lowest BCUT2D eigenvalue weighted by Gasteiger charge is -2.20. The molecule has 156 valence electrons. The molecule has 1 aromatic heterocycles. The highest BCUT2D eigenvalue weighted by atomic mass is 19.1. The molecular weight excluding hydrogens is 377 g/mol. The Labute approximate surface area is 177 Å². The van der Waals surface area contributed by atoms with E-state index in [0.717, 1.165) is 47.3 Å². The number of carbonyl (C=O) groups excluding carboxylic acids is 1. The van der Waals surface area contributed by atoms with Crippen molar-refractivity contribution in [3.05, 3.63) is 76.4 Å². The van der Waals surface area contributed by atoms with E-state index in [9.17, 15) is 9.18 Å². The smallest absolute Gasteiger partial charge is 0.276 e.